The van der Waals surface area contributed by atoms with Crippen molar-refractivity contribution in [2.45, 2.75) is 32.4 Å². The van der Waals surface area contributed by atoms with Crippen LogP contribution < -0.4 is 5.32 Å². The molecule has 138 valence electrons. The lowest BCUT2D eigenvalue weighted by Crippen LogP contribution is -2.32. The Balaban J connectivity index is 1.46. The minimum absolute atomic E-state index is 0.149. The Morgan fingerprint density at radius 2 is 1.89 bits per heavy atom. The second-order valence-electron chi connectivity index (χ2n) is 6.53. The maximum absolute atomic E-state index is 12.7. The van der Waals surface area contributed by atoms with Crippen LogP contribution in [0.1, 0.15) is 33.9 Å². The minimum Gasteiger partial charge on any atom is -0.468 e. The Bertz CT molecular complexity index is 915. The van der Waals surface area contributed by atoms with Gasteiger partial charge in [-0.2, -0.15) is 5.26 Å². The number of rotatable bonds is 7. The molecule has 1 N–H and O–H groups in total. The second kappa shape index (κ2) is 7.82. The van der Waals surface area contributed by atoms with Crippen molar-refractivity contribution in [3.05, 3.63) is 64.3 Å². The molecule has 6 nitrogen and oxygen atoms in total. The number of thiophene rings is 1. The van der Waals surface area contributed by atoms with Gasteiger partial charge in [-0.1, -0.05) is 0 Å². The van der Waals surface area contributed by atoms with Gasteiger partial charge in [-0.3, -0.25) is 9.69 Å². The standard InChI is InChI=1S/C20H19N3O3S/c21-10-17-16-6-1-7-18(16)27-20(17)22-19(24)13-23(11-14-4-2-8-25-14)12-15-5-3-9-26-15/h2-5,8-9H,1,6-7,11-13H2,(H,22,24). The minimum atomic E-state index is -0.149. The van der Waals surface area contributed by atoms with Crippen LogP contribution in [-0.2, 0) is 30.7 Å². The van der Waals surface area contributed by atoms with E-state index < -0.39 is 0 Å². The average Bonchev–Trinajstić information content (AvgIpc) is 3.40. The van der Waals surface area contributed by atoms with Gasteiger partial charge in [0.15, 0.2) is 0 Å². The number of amides is 1. The number of carbonyl (C=O) groups is 1. The molecule has 0 radical (unpaired) electrons. The first-order valence-corrected chi connectivity index (χ1v) is 9.66. The number of aryl methyl sites for hydroxylation is 1. The van der Waals surface area contributed by atoms with E-state index in [0.717, 1.165) is 36.3 Å². The summed E-state index contributed by atoms with van der Waals surface area (Å²) in [6.45, 7) is 1.16. The van der Waals surface area contributed by atoms with Gasteiger partial charge in [-0.25, -0.2) is 0 Å². The molecule has 0 aromatic carbocycles. The highest BCUT2D eigenvalue weighted by Crippen LogP contribution is 2.38. The summed E-state index contributed by atoms with van der Waals surface area (Å²) in [6, 6.07) is 9.67. The molecule has 27 heavy (non-hydrogen) atoms. The van der Waals surface area contributed by atoms with Crippen molar-refractivity contribution in [2.24, 2.45) is 0 Å². The van der Waals surface area contributed by atoms with Crippen LogP contribution in [0.4, 0.5) is 5.00 Å². The fraction of sp³-hybridized carbons (Fsp3) is 0.300. The Hall–Kier alpha value is -2.82. The van der Waals surface area contributed by atoms with Gasteiger partial charge in [0, 0.05) is 4.88 Å². The molecule has 1 amide bonds. The number of anilines is 1. The quantitative estimate of drug-likeness (QED) is 0.670. The third-order valence-electron chi connectivity index (χ3n) is 4.57. The number of nitriles is 1. The molecular formula is C20H19N3O3S. The molecule has 0 aliphatic heterocycles. The van der Waals surface area contributed by atoms with Crippen LogP contribution in [-0.4, -0.2) is 17.4 Å². The van der Waals surface area contributed by atoms with Crippen molar-refractivity contribution in [3.63, 3.8) is 0 Å². The Kier molecular flexibility index (Phi) is 5.10. The number of furan rings is 2. The number of carbonyl (C=O) groups excluding carboxylic acids is 1. The lowest BCUT2D eigenvalue weighted by atomic mass is 10.1. The fourth-order valence-electron chi connectivity index (χ4n) is 3.39. The van der Waals surface area contributed by atoms with Gasteiger partial charge in [0.2, 0.25) is 5.91 Å². The summed E-state index contributed by atoms with van der Waals surface area (Å²) >= 11 is 1.53. The first-order valence-electron chi connectivity index (χ1n) is 8.84. The predicted octanol–water partition coefficient (Wildman–Crippen LogP) is 3.94. The highest BCUT2D eigenvalue weighted by Gasteiger charge is 2.24. The highest BCUT2D eigenvalue weighted by molar-refractivity contribution is 7.16. The van der Waals surface area contributed by atoms with Crippen molar-refractivity contribution < 1.29 is 13.6 Å². The molecular weight excluding hydrogens is 362 g/mol. The Morgan fingerprint density at radius 1 is 1.19 bits per heavy atom. The summed E-state index contributed by atoms with van der Waals surface area (Å²) in [7, 11) is 0. The second-order valence-corrected chi connectivity index (χ2v) is 7.63. The van der Waals surface area contributed by atoms with Crippen LogP contribution in [0.2, 0.25) is 0 Å². The van der Waals surface area contributed by atoms with E-state index in [-0.39, 0.29) is 12.5 Å². The fourth-order valence-corrected chi connectivity index (χ4v) is 4.65. The smallest absolute Gasteiger partial charge is 0.239 e. The van der Waals surface area contributed by atoms with Crippen molar-refractivity contribution >= 4 is 22.2 Å². The van der Waals surface area contributed by atoms with Gasteiger partial charge in [-0.05, 0) is 49.1 Å². The molecule has 3 heterocycles. The van der Waals surface area contributed by atoms with E-state index in [1.807, 2.05) is 29.2 Å². The number of hydrogen-bond donors (Lipinski definition) is 1. The van der Waals surface area contributed by atoms with E-state index in [2.05, 4.69) is 11.4 Å². The Morgan fingerprint density at radius 3 is 2.48 bits per heavy atom. The number of nitrogens with one attached hydrogen (secondary N) is 1. The molecule has 3 aromatic heterocycles. The SMILES string of the molecule is N#Cc1c(NC(=O)CN(Cc2ccco2)Cc2ccco2)sc2c1CCC2. The summed E-state index contributed by atoms with van der Waals surface area (Å²) in [5.74, 6) is 1.41. The first kappa shape index (κ1) is 17.6. The topological polar surface area (TPSA) is 82.4 Å². The molecule has 1 aliphatic rings. The molecule has 4 rings (SSSR count). The molecule has 0 bridgehead atoms. The van der Waals surface area contributed by atoms with Gasteiger partial charge < -0.3 is 14.2 Å². The van der Waals surface area contributed by atoms with Crippen molar-refractivity contribution in [1.29, 1.82) is 5.26 Å². The lowest BCUT2D eigenvalue weighted by Gasteiger charge is -2.19. The van der Waals surface area contributed by atoms with Gasteiger partial charge in [0.25, 0.3) is 0 Å². The average molecular weight is 381 g/mol. The molecule has 0 saturated heterocycles. The van der Waals surface area contributed by atoms with Crippen LogP contribution in [0, 0.1) is 11.3 Å². The zero-order chi connectivity index (χ0) is 18.6. The Labute approximate surface area is 161 Å². The lowest BCUT2D eigenvalue weighted by molar-refractivity contribution is -0.117. The van der Waals surface area contributed by atoms with Crippen molar-refractivity contribution in [1.82, 2.24) is 4.90 Å². The maximum atomic E-state index is 12.7. The number of nitrogens with zero attached hydrogens (tertiary/aromatic N) is 2. The van der Waals surface area contributed by atoms with Gasteiger partial charge >= 0.3 is 0 Å². The summed E-state index contributed by atoms with van der Waals surface area (Å²) in [5.41, 5.74) is 1.74. The molecule has 3 aromatic rings. The monoisotopic (exact) mass is 381 g/mol. The maximum Gasteiger partial charge on any atom is 0.239 e. The van der Waals surface area contributed by atoms with E-state index in [1.165, 1.54) is 16.2 Å². The van der Waals surface area contributed by atoms with Gasteiger partial charge in [-0.15, -0.1) is 11.3 Å². The number of fused-ring (bicyclic) bond motifs is 1. The van der Waals surface area contributed by atoms with Crippen molar-refractivity contribution in [2.75, 3.05) is 11.9 Å². The third-order valence-corrected chi connectivity index (χ3v) is 5.78. The number of hydrogen-bond acceptors (Lipinski definition) is 6. The molecule has 0 atom stereocenters. The van der Waals surface area contributed by atoms with E-state index >= 15 is 0 Å². The molecule has 0 fully saturated rings. The van der Waals surface area contributed by atoms with Crippen LogP contribution in [0.3, 0.4) is 0 Å². The van der Waals surface area contributed by atoms with Gasteiger partial charge in [0.05, 0.1) is 37.7 Å². The normalized spacial score (nSPS) is 12.9. The largest absolute Gasteiger partial charge is 0.468 e. The summed E-state index contributed by atoms with van der Waals surface area (Å²) in [6.07, 6.45) is 6.24. The predicted molar refractivity (Wildman–Crippen MR) is 101 cm³/mol. The summed E-state index contributed by atoms with van der Waals surface area (Å²) < 4.78 is 10.8. The van der Waals surface area contributed by atoms with E-state index in [1.54, 1.807) is 12.5 Å². The summed E-state index contributed by atoms with van der Waals surface area (Å²) in [5, 5.41) is 13.1. The van der Waals surface area contributed by atoms with Gasteiger partial charge in [0.1, 0.15) is 22.6 Å². The van der Waals surface area contributed by atoms with Crippen LogP contribution >= 0.6 is 11.3 Å². The van der Waals surface area contributed by atoms with Crippen molar-refractivity contribution in [3.8, 4) is 6.07 Å². The molecule has 0 unspecified atom stereocenters. The zero-order valence-corrected chi connectivity index (χ0v) is 15.6. The molecule has 0 saturated carbocycles. The summed E-state index contributed by atoms with van der Waals surface area (Å²) in [4.78, 5) is 15.8. The van der Waals surface area contributed by atoms with Crippen LogP contribution in [0.5, 0.6) is 0 Å². The first-order chi connectivity index (χ1) is 13.2. The highest BCUT2D eigenvalue weighted by atomic mass is 32.1. The molecule has 7 heteroatoms. The van der Waals surface area contributed by atoms with Crippen LogP contribution in [0.25, 0.3) is 0 Å². The third kappa shape index (κ3) is 3.97. The van der Waals surface area contributed by atoms with E-state index in [9.17, 15) is 10.1 Å². The van der Waals surface area contributed by atoms with E-state index in [0.29, 0.717) is 23.7 Å². The molecule has 1 aliphatic carbocycles. The van der Waals surface area contributed by atoms with E-state index in [4.69, 9.17) is 8.83 Å². The zero-order valence-electron chi connectivity index (χ0n) is 14.7. The van der Waals surface area contributed by atoms with Crippen LogP contribution in [0.15, 0.2) is 45.6 Å². The molecule has 0 spiro atoms.